The van der Waals surface area contributed by atoms with Gasteiger partial charge in [-0.15, -0.1) is 11.3 Å². The quantitative estimate of drug-likeness (QED) is 0.159. The predicted octanol–water partition coefficient (Wildman–Crippen LogP) is 18.1. The van der Waals surface area contributed by atoms with Crippen LogP contribution in [0.5, 0.6) is 0 Å². The van der Waals surface area contributed by atoms with E-state index < -0.39 is 0 Å². The van der Waals surface area contributed by atoms with E-state index in [9.17, 15) is 0 Å². The average Bonchev–Trinajstić information content (AvgIpc) is 4.25. The smallest absolute Gasteiger partial charge is 0.200 e. The van der Waals surface area contributed by atoms with Gasteiger partial charge in [0.15, 0.2) is 11.2 Å². The van der Waals surface area contributed by atoms with Crippen molar-refractivity contribution in [3.05, 3.63) is 187 Å². The molecular formula is C66H81N9O2S. The van der Waals surface area contributed by atoms with Crippen LogP contribution in [0, 0.1) is 0 Å². The predicted molar refractivity (Wildman–Crippen MR) is 327 cm³/mol. The number of pyridine rings is 2. The van der Waals surface area contributed by atoms with Crippen LogP contribution in [0.1, 0.15) is 153 Å². The number of aromatic nitrogens is 9. The lowest BCUT2D eigenvalue weighted by Gasteiger charge is -2.21. The minimum atomic E-state index is -0.0149. The van der Waals surface area contributed by atoms with Crippen LogP contribution in [0.4, 0.5) is 0 Å². The van der Waals surface area contributed by atoms with E-state index in [1.807, 2.05) is 116 Å². The molecule has 78 heavy (non-hydrogen) atoms. The number of thiazole rings is 1. The van der Waals surface area contributed by atoms with Gasteiger partial charge in [0.05, 0.1) is 55.6 Å². The molecule has 8 heterocycles. The van der Waals surface area contributed by atoms with Crippen molar-refractivity contribution in [2.45, 2.75) is 157 Å². The van der Waals surface area contributed by atoms with Crippen LogP contribution < -0.4 is 0 Å². The Hall–Kier alpha value is -7.44. The summed E-state index contributed by atoms with van der Waals surface area (Å²) in [4.78, 5) is 30.3. The highest BCUT2D eigenvalue weighted by molar-refractivity contribution is 7.18. The topological polar surface area (TPSA) is 129 Å². The fourth-order valence-electron chi connectivity index (χ4n) is 7.75. The summed E-state index contributed by atoms with van der Waals surface area (Å²) in [5.74, 6) is 1.85. The molecule has 0 fully saturated rings. The molecule has 0 amide bonds. The Labute approximate surface area is 465 Å². The van der Waals surface area contributed by atoms with E-state index in [0.29, 0.717) is 0 Å². The number of furan rings is 1. The molecule has 0 aliphatic heterocycles. The summed E-state index contributed by atoms with van der Waals surface area (Å²) in [5.41, 5.74) is 13.0. The minimum absolute atomic E-state index is 0.0149. The summed E-state index contributed by atoms with van der Waals surface area (Å²) in [5, 5.41) is 1.22. The summed E-state index contributed by atoms with van der Waals surface area (Å²) in [6.07, 6.45) is 7.70. The molecule has 11 nitrogen and oxygen atoms in total. The Balaban J connectivity index is 0.000000136. The monoisotopic (exact) mass is 1060 g/mol. The maximum atomic E-state index is 5.62. The number of rotatable bonds is 0. The standard InChI is InChI=1S/3C11H14N2.2C11H13NO.C11H13NS/c1-11(2,3)9-8-13-7-5-4-6-10(13)12-9;1-11(2,3)13-8-12-9-6-4-5-7-10(9)13;1-11(2,3)10-12-8-6-4-5-7-9(8)13-10;1-11(2,3)10-5-4-9-8(12-10)6-7-13-9;2*1-11(2,3)10-12-8-6-4-5-7-9(8)13-10/h2*4-8H,1-3H3;4-7H,1-3H3,(H,12,13);3*4-7H,1-3H3. The Morgan fingerprint density at radius 3 is 1.67 bits per heavy atom. The van der Waals surface area contributed by atoms with Gasteiger partial charge in [-0.1, -0.05) is 158 Å². The van der Waals surface area contributed by atoms with E-state index in [4.69, 9.17) is 8.83 Å². The zero-order chi connectivity index (χ0) is 56.8. The van der Waals surface area contributed by atoms with Crippen molar-refractivity contribution in [3.63, 3.8) is 0 Å². The van der Waals surface area contributed by atoms with Crippen LogP contribution >= 0.6 is 11.3 Å². The van der Waals surface area contributed by atoms with Gasteiger partial charge in [0.2, 0.25) is 5.89 Å². The van der Waals surface area contributed by atoms with E-state index in [2.05, 4.69) is 205 Å². The number of benzene rings is 4. The number of nitrogens with zero attached hydrogens (tertiary/aromatic N) is 8. The lowest BCUT2D eigenvalue weighted by molar-refractivity contribution is 0.408. The molecule has 0 bridgehead atoms. The Kier molecular flexibility index (Phi) is 17.4. The first kappa shape index (κ1) is 58.2. The fraction of sp³-hybridized carbons (Fsp3) is 0.364. The third kappa shape index (κ3) is 15.2. The minimum Gasteiger partial charge on any atom is -0.463 e. The van der Waals surface area contributed by atoms with Gasteiger partial charge in [-0.25, -0.2) is 29.9 Å². The van der Waals surface area contributed by atoms with Crippen LogP contribution in [-0.4, -0.2) is 43.9 Å². The summed E-state index contributed by atoms with van der Waals surface area (Å²) >= 11 is 1.79. The molecule has 0 aliphatic carbocycles. The normalized spacial score (nSPS) is 12.2. The zero-order valence-corrected chi connectivity index (χ0v) is 50.1. The number of hydrogen-bond donors (Lipinski definition) is 1. The molecule has 0 atom stereocenters. The highest BCUT2D eigenvalue weighted by Gasteiger charge is 2.22. The van der Waals surface area contributed by atoms with Crippen molar-refractivity contribution in [2.24, 2.45) is 0 Å². The van der Waals surface area contributed by atoms with Crippen molar-refractivity contribution < 1.29 is 8.83 Å². The van der Waals surface area contributed by atoms with E-state index >= 15 is 0 Å². The SMILES string of the molecule is CC(C)(C)c1ccc2occc2n1.CC(C)(C)c1cn2ccccc2n1.CC(C)(C)c1nc2ccccc2[nH]1.CC(C)(C)c1nc2ccccc2o1.CC(C)(C)c1nc2ccccc2s1.CC(C)(C)n1cnc2ccccc21. The number of para-hydroxylation sites is 7. The molecule has 0 spiro atoms. The van der Waals surface area contributed by atoms with Gasteiger partial charge in [-0.3, -0.25) is 0 Å². The van der Waals surface area contributed by atoms with Gasteiger partial charge >= 0.3 is 0 Å². The number of oxazole rings is 1. The summed E-state index contributed by atoms with van der Waals surface area (Å²) in [7, 11) is 0. The lowest BCUT2D eigenvalue weighted by Crippen LogP contribution is -2.20. The molecule has 0 saturated carbocycles. The number of nitrogens with one attached hydrogen (secondary N) is 1. The molecule has 0 aliphatic rings. The van der Waals surface area contributed by atoms with E-state index in [1.165, 1.54) is 15.2 Å². The number of aromatic amines is 1. The third-order valence-corrected chi connectivity index (χ3v) is 13.8. The third-order valence-electron chi connectivity index (χ3n) is 12.4. The number of imidazole rings is 3. The summed E-state index contributed by atoms with van der Waals surface area (Å²) < 4.78 is 16.4. The molecule has 0 radical (unpaired) electrons. The summed E-state index contributed by atoms with van der Waals surface area (Å²) in [6.45, 7) is 38.9. The molecule has 8 aromatic heterocycles. The van der Waals surface area contributed by atoms with Crippen LogP contribution in [0.15, 0.2) is 167 Å². The largest absolute Gasteiger partial charge is 0.463 e. The number of fused-ring (bicyclic) bond motifs is 6. The molecule has 1 N–H and O–H groups in total. The highest BCUT2D eigenvalue weighted by atomic mass is 32.1. The maximum absolute atomic E-state index is 5.62. The van der Waals surface area contributed by atoms with Crippen LogP contribution in [0.2, 0.25) is 0 Å². The molecule has 408 valence electrons. The van der Waals surface area contributed by atoms with Crippen molar-refractivity contribution >= 4 is 71.5 Å². The van der Waals surface area contributed by atoms with Gasteiger partial charge in [-0.05, 0) is 93.6 Å². The van der Waals surface area contributed by atoms with Crippen LogP contribution in [0.3, 0.4) is 0 Å². The van der Waals surface area contributed by atoms with Crippen molar-refractivity contribution in [2.75, 3.05) is 0 Å². The zero-order valence-electron chi connectivity index (χ0n) is 49.3. The molecule has 12 aromatic rings. The van der Waals surface area contributed by atoms with Crippen molar-refractivity contribution in [1.82, 2.24) is 43.9 Å². The highest BCUT2D eigenvalue weighted by Crippen LogP contribution is 2.31. The van der Waals surface area contributed by atoms with Gasteiger partial charge in [0.1, 0.15) is 22.5 Å². The van der Waals surface area contributed by atoms with Crippen LogP contribution in [-0.2, 0) is 32.6 Å². The van der Waals surface area contributed by atoms with Crippen molar-refractivity contribution in [1.29, 1.82) is 0 Å². The van der Waals surface area contributed by atoms with Gasteiger partial charge in [0.25, 0.3) is 0 Å². The van der Waals surface area contributed by atoms with E-state index in [0.717, 1.165) is 73.0 Å². The first-order chi connectivity index (χ1) is 36.4. The Morgan fingerprint density at radius 1 is 0.462 bits per heavy atom. The summed E-state index contributed by atoms with van der Waals surface area (Å²) in [6, 6.07) is 44.4. The maximum Gasteiger partial charge on any atom is 0.200 e. The molecule has 4 aromatic carbocycles. The fourth-order valence-corrected chi connectivity index (χ4v) is 8.78. The first-order valence-electron chi connectivity index (χ1n) is 26.8. The van der Waals surface area contributed by atoms with E-state index in [-0.39, 0.29) is 32.6 Å². The molecular weight excluding hydrogens is 983 g/mol. The number of hydrogen-bond acceptors (Lipinski definition) is 9. The second-order valence-corrected chi connectivity index (χ2v) is 26.7. The molecule has 0 unspecified atom stereocenters. The van der Waals surface area contributed by atoms with E-state index in [1.54, 1.807) is 17.6 Å². The second kappa shape index (κ2) is 23.3. The second-order valence-electron chi connectivity index (χ2n) is 25.7. The van der Waals surface area contributed by atoms with Gasteiger partial charge in [-0.2, -0.15) is 0 Å². The van der Waals surface area contributed by atoms with Gasteiger partial charge < -0.3 is 22.8 Å². The van der Waals surface area contributed by atoms with Gasteiger partial charge in [0, 0.05) is 56.8 Å². The van der Waals surface area contributed by atoms with Crippen molar-refractivity contribution in [3.8, 4) is 0 Å². The lowest BCUT2D eigenvalue weighted by atomic mass is 9.92. The molecule has 12 heteroatoms. The first-order valence-corrected chi connectivity index (χ1v) is 27.7. The number of H-pyrrole nitrogens is 1. The molecule has 0 saturated heterocycles. The Bertz CT molecular complexity index is 3340. The van der Waals surface area contributed by atoms with Crippen LogP contribution in [0.25, 0.3) is 60.1 Å². The average molecular weight is 1060 g/mol. The Morgan fingerprint density at radius 2 is 1.06 bits per heavy atom. The molecule has 12 rings (SSSR count).